The average Bonchev–Trinajstić information content (AvgIpc) is 2.55. The van der Waals surface area contributed by atoms with Gasteiger partial charge in [0.1, 0.15) is 5.82 Å². The molecule has 23 heavy (non-hydrogen) atoms. The molecule has 0 spiro atoms. The number of nitrogens with one attached hydrogen (secondary N) is 1. The zero-order chi connectivity index (χ0) is 17.0. The Bertz CT molecular complexity index is 748. The van der Waals surface area contributed by atoms with E-state index in [1.54, 1.807) is 37.3 Å². The molecule has 2 aromatic carbocycles. The van der Waals surface area contributed by atoms with Gasteiger partial charge in [0.15, 0.2) is 0 Å². The Labute approximate surface area is 141 Å². The van der Waals surface area contributed by atoms with Crippen LogP contribution in [-0.2, 0) is 9.53 Å². The third-order valence-corrected chi connectivity index (χ3v) is 4.26. The van der Waals surface area contributed by atoms with Gasteiger partial charge in [-0.25, -0.2) is 9.18 Å². The molecule has 1 N–H and O–H groups in total. The van der Waals surface area contributed by atoms with Crippen molar-refractivity contribution in [3.8, 4) is 0 Å². The van der Waals surface area contributed by atoms with Gasteiger partial charge in [0.2, 0.25) is 5.91 Å². The van der Waals surface area contributed by atoms with Crippen LogP contribution in [0, 0.1) is 5.82 Å². The molecular weight excluding hydrogens is 365 g/mol. The van der Waals surface area contributed by atoms with E-state index < -0.39 is 17.7 Å². The fourth-order valence-electron chi connectivity index (χ4n) is 2.06. The van der Waals surface area contributed by atoms with Crippen molar-refractivity contribution >= 4 is 33.5 Å². The van der Waals surface area contributed by atoms with E-state index in [1.807, 2.05) is 0 Å². The summed E-state index contributed by atoms with van der Waals surface area (Å²) in [6, 6.07) is 10.8. The third kappa shape index (κ3) is 3.96. The van der Waals surface area contributed by atoms with Gasteiger partial charge in [-0.1, -0.05) is 18.2 Å². The average molecular weight is 380 g/mol. The monoisotopic (exact) mass is 379 g/mol. The number of carbonyl (C=O) groups is 2. The van der Waals surface area contributed by atoms with Crippen LogP contribution in [0.15, 0.2) is 46.9 Å². The van der Waals surface area contributed by atoms with Gasteiger partial charge in [-0.05, 0) is 52.7 Å². The topological polar surface area (TPSA) is 55.4 Å². The summed E-state index contributed by atoms with van der Waals surface area (Å²) in [6.45, 7) is 1.68. The van der Waals surface area contributed by atoms with Gasteiger partial charge in [0, 0.05) is 0 Å². The zero-order valence-corrected chi connectivity index (χ0v) is 14.2. The lowest BCUT2D eigenvalue weighted by Crippen LogP contribution is -2.19. The smallest absolute Gasteiger partial charge is 0.339 e. The fraction of sp³-hybridized carbons (Fsp3) is 0.176. The Morgan fingerprint density at radius 3 is 2.57 bits per heavy atom. The first kappa shape index (κ1) is 17.1. The van der Waals surface area contributed by atoms with Crippen molar-refractivity contribution < 1.29 is 18.7 Å². The highest BCUT2D eigenvalue weighted by molar-refractivity contribution is 9.10. The predicted octanol–water partition coefficient (Wildman–Crippen LogP) is 4.12. The second kappa shape index (κ2) is 7.37. The molecule has 0 aliphatic rings. The van der Waals surface area contributed by atoms with Gasteiger partial charge in [-0.15, -0.1) is 0 Å². The maximum absolute atomic E-state index is 13.3. The van der Waals surface area contributed by atoms with Crippen LogP contribution in [-0.4, -0.2) is 19.0 Å². The number of benzene rings is 2. The van der Waals surface area contributed by atoms with Crippen molar-refractivity contribution in [2.45, 2.75) is 12.8 Å². The Morgan fingerprint density at radius 1 is 1.22 bits per heavy atom. The minimum atomic E-state index is -0.542. The summed E-state index contributed by atoms with van der Waals surface area (Å²) in [5, 5.41) is 2.73. The summed E-state index contributed by atoms with van der Waals surface area (Å²) in [4.78, 5) is 24.0. The Hall–Kier alpha value is -2.21. The summed E-state index contributed by atoms with van der Waals surface area (Å²) in [5.41, 5.74) is 1.33. The highest BCUT2D eigenvalue weighted by Crippen LogP contribution is 2.28. The fourth-order valence-corrected chi connectivity index (χ4v) is 2.59. The van der Waals surface area contributed by atoms with Crippen LogP contribution in [0.4, 0.5) is 10.1 Å². The van der Waals surface area contributed by atoms with E-state index in [0.29, 0.717) is 21.3 Å². The van der Waals surface area contributed by atoms with Gasteiger partial charge in [-0.3, -0.25) is 4.79 Å². The highest BCUT2D eigenvalue weighted by atomic mass is 79.9. The van der Waals surface area contributed by atoms with Crippen LogP contribution in [0.1, 0.15) is 28.8 Å². The first-order valence-corrected chi connectivity index (χ1v) is 7.66. The number of carbonyl (C=O) groups excluding carboxylic acids is 2. The van der Waals surface area contributed by atoms with Crippen LogP contribution in [0.25, 0.3) is 0 Å². The van der Waals surface area contributed by atoms with Crippen LogP contribution in [0.2, 0.25) is 0 Å². The summed E-state index contributed by atoms with van der Waals surface area (Å²) >= 11 is 3.29. The number of methoxy groups -OCH3 is 1. The molecule has 0 fully saturated rings. The molecule has 0 heterocycles. The van der Waals surface area contributed by atoms with E-state index in [4.69, 9.17) is 0 Å². The summed E-state index contributed by atoms with van der Waals surface area (Å²) < 4.78 is 18.4. The van der Waals surface area contributed by atoms with E-state index in [1.165, 1.54) is 19.2 Å². The molecule has 0 saturated heterocycles. The van der Waals surface area contributed by atoms with Crippen molar-refractivity contribution in [3.63, 3.8) is 0 Å². The SMILES string of the molecule is COC(=O)c1cccc(NC(=O)C(C)c2cccc(F)c2)c1Br. The van der Waals surface area contributed by atoms with E-state index >= 15 is 0 Å². The normalized spacial score (nSPS) is 11.7. The zero-order valence-electron chi connectivity index (χ0n) is 12.6. The van der Waals surface area contributed by atoms with Gasteiger partial charge < -0.3 is 10.1 Å². The molecule has 6 heteroatoms. The largest absolute Gasteiger partial charge is 0.465 e. The van der Waals surface area contributed by atoms with Crippen molar-refractivity contribution in [1.29, 1.82) is 0 Å². The minimum Gasteiger partial charge on any atom is -0.465 e. The quantitative estimate of drug-likeness (QED) is 0.812. The maximum atomic E-state index is 13.3. The predicted molar refractivity (Wildman–Crippen MR) is 88.9 cm³/mol. The highest BCUT2D eigenvalue weighted by Gasteiger charge is 2.19. The molecule has 0 aliphatic heterocycles. The molecule has 0 aliphatic carbocycles. The Balaban J connectivity index is 2.22. The number of amides is 1. The van der Waals surface area contributed by atoms with Crippen molar-refractivity contribution in [2.75, 3.05) is 12.4 Å². The summed E-state index contributed by atoms with van der Waals surface area (Å²) in [5.74, 6) is -1.75. The Morgan fingerprint density at radius 2 is 1.91 bits per heavy atom. The molecule has 2 rings (SSSR count). The van der Waals surface area contributed by atoms with Gasteiger partial charge in [-0.2, -0.15) is 0 Å². The summed E-state index contributed by atoms with van der Waals surface area (Å²) in [7, 11) is 1.28. The molecule has 1 atom stereocenters. The molecular formula is C17H15BrFNO3. The van der Waals surface area contributed by atoms with E-state index in [9.17, 15) is 14.0 Å². The van der Waals surface area contributed by atoms with Gasteiger partial charge >= 0.3 is 5.97 Å². The van der Waals surface area contributed by atoms with E-state index in [2.05, 4.69) is 26.0 Å². The molecule has 1 amide bonds. The Kier molecular flexibility index (Phi) is 5.50. The molecule has 0 bridgehead atoms. The molecule has 0 radical (unpaired) electrons. The summed E-state index contributed by atoms with van der Waals surface area (Å²) in [6.07, 6.45) is 0. The number of ether oxygens (including phenoxy) is 1. The van der Waals surface area contributed by atoms with Crippen molar-refractivity contribution in [1.82, 2.24) is 0 Å². The van der Waals surface area contributed by atoms with E-state index in [-0.39, 0.29) is 5.91 Å². The third-order valence-electron chi connectivity index (χ3n) is 3.40. The first-order valence-electron chi connectivity index (χ1n) is 6.87. The minimum absolute atomic E-state index is 0.307. The number of rotatable bonds is 4. The lowest BCUT2D eigenvalue weighted by Gasteiger charge is -2.14. The molecule has 0 saturated carbocycles. The molecule has 0 aromatic heterocycles. The van der Waals surface area contributed by atoms with Crippen molar-refractivity contribution in [2.24, 2.45) is 0 Å². The standard InChI is InChI=1S/C17H15BrFNO3/c1-10(11-5-3-6-12(19)9-11)16(21)20-14-8-4-7-13(15(14)18)17(22)23-2/h3-10H,1-2H3,(H,20,21). The first-order chi connectivity index (χ1) is 10.9. The maximum Gasteiger partial charge on any atom is 0.339 e. The van der Waals surface area contributed by atoms with Gasteiger partial charge in [0.05, 0.1) is 28.8 Å². The van der Waals surface area contributed by atoms with Crippen LogP contribution < -0.4 is 5.32 Å². The van der Waals surface area contributed by atoms with Crippen LogP contribution >= 0.6 is 15.9 Å². The van der Waals surface area contributed by atoms with Crippen molar-refractivity contribution in [3.05, 3.63) is 63.9 Å². The molecule has 2 aromatic rings. The second-order valence-electron chi connectivity index (χ2n) is 4.92. The van der Waals surface area contributed by atoms with E-state index in [0.717, 1.165) is 0 Å². The van der Waals surface area contributed by atoms with Gasteiger partial charge in [0.25, 0.3) is 0 Å². The molecule has 120 valence electrons. The lowest BCUT2D eigenvalue weighted by atomic mass is 10.00. The number of esters is 1. The van der Waals surface area contributed by atoms with Crippen LogP contribution in [0.5, 0.6) is 0 Å². The lowest BCUT2D eigenvalue weighted by molar-refractivity contribution is -0.117. The molecule has 4 nitrogen and oxygen atoms in total. The molecule has 1 unspecified atom stereocenters. The number of hydrogen-bond acceptors (Lipinski definition) is 3. The number of hydrogen-bond donors (Lipinski definition) is 1. The second-order valence-corrected chi connectivity index (χ2v) is 5.72. The van der Waals surface area contributed by atoms with Crippen LogP contribution in [0.3, 0.4) is 0 Å². The number of halogens is 2. The number of anilines is 1.